The van der Waals surface area contributed by atoms with Crippen LogP contribution in [0.1, 0.15) is 24.1 Å². The molecule has 1 aromatic carbocycles. The van der Waals surface area contributed by atoms with Crippen LogP contribution in [-0.2, 0) is 11.2 Å². The van der Waals surface area contributed by atoms with E-state index in [-0.39, 0.29) is 5.91 Å². The Labute approximate surface area is 139 Å². The number of aliphatic hydroxyl groups is 1. The summed E-state index contributed by atoms with van der Waals surface area (Å²) in [6, 6.07) is 8.33. The van der Waals surface area contributed by atoms with Gasteiger partial charge in [0.25, 0.3) is 0 Å². The molecule has 0 radical (unpaired) electrons. The summed E-state index contributed by atoms with van der Waals surface area (Å²) in [6.45, 7) is 2.43. The van der Waals surface area contributed by atoms with Crippen molar-refractivity contribution >= 4 is 17.2 Å². The second-order valence-electron chi connectivity index (χ2n) is 6.15. The monoisotopic (exact) mass is 331 g/mol. The van der Waals surface area contributed by atoms with Crippen LogP contribution in [-0.4, -0.2) is 34.2 Å². The summed E-state index contributed by atoms with van der Waals surface area (Å²) in [5.74, 6) is -0.383. The number of amides is 1. The number of primary amides is 1. The van der Waals surface area contributed by atoms with E-state index in [0.717, 1.165) is 23.2 Å². The molecule has 5 nitrogen and oxygen atoms in total. The Hall–Kier alpha value is -1.76. The Bertz CT molecular complexity index is 698. The second-order valence-corrected chi connectivity index (χ2v) is 7.00. The number of hydrogen-bond donors (Lipinski definition) is 3. The van der Waals surface area contributed by atoms with E-state index in [4.69, 9.17) is 5.73 Å². The van der Waals surface area contributed by atoms with Crippen LogP contribution in [0.2, 0.25) is 0 Å². The van der Waals surface area contributed by atoms with Gasteiger partial charge in [-0.05, 0) is 30.9 Å². The van der Waals surface area contributed by atoms with Crippen LogP contribution in [0.4, 0.5) is 0 Å². The highest BCUT2D eigenvalue weighted by Gasteiger charge is 2.42. The highest BCUT2D eigenvalue weighted by molar-refractivity contribution is 7.13. The molecule has 1 aliphatic heterocycles. The predicted octanol–water partition coefficient (Wildman–Crippen LogP) is 1.63. The number of carbonyl (C=O) groups is 1. The molecule has 1 aliphatic rings. The molecule has 0 spiro atoms. The van der Waals surface area contributed by atoms with Crippen molar-refractivity contribution in [2.75, 3.05) is 6.54 Å². The molecule has 3 rings (SSSR count). The van der Waals surface area contributed by atoms with Gasteiger partial charge in [0, 0.05) is 13.0 Å². The van der Waals surface area contributed by atoms with Crippen molar-refractivity contribution < 1.29 is 9.90 Å². The molecule has 1 amide bonds. The van der Waals surface area contributed by atoms with Gasteiger partial charge in [-0.3, -0.25) is 4.79 Å². The van der Waals surface area contributed by atoms with E-state index >= 15 is 0 Å². The van der Waals surface area contributed by atoms with Gasteiger partial charge in [-0.1, -0.05) is 24.3 Å². The van der Waals surface area contributed by atoms with Crippen molar-refractivity contribution in [2.24, 2.45) is 5.73 Å². The molecule has 0 bridgehead atoms. The van der Waals surface area contributed by atoms with Crippen molar-refractivity contribution in [3.8, 4) is 10.4 Å². The Kier molecular flexibility index (Phi) is 4.48. The largest absolute Gasteiger partial charge is 0.392 e. The number of aromatic nitrogens is 1. The SMILES string of the molecule is Cc1ncsc1-c1ccc(CC[C@@]2(C(N)=O)C[C@@H](O)CN2)cc1. The van der Waals surface area contributed by atoms with Crippen LogP contribution in [0.3, 0.4) is 0 Å². The molecule has 2 aromatic rings. The van der Waals surface area contributed by atoms with Crippen molar-refractivity contribution in [1.29, 1.82) is 0 Å². The molecule has 2 heterocycles. The molecular formula is C17H21N3O2S. The zero-order valence-electron chi connectivity index (χ0n) is 13.1. The standard InChI is InChI=1S/C17H21N3O2S/c1-11-15(23-10-19-11)13-4-2-12(3-5-13)6-7-17(16(18)22)8-14(21)9-20-17/h2-5,10,14,20-21H,6-9H2,1H3,(H2,18,22)/t14-,17+/m1/s1. The van der Waals surface area contributed by atoms with E-state index in [1.54, 1.807) is 11.3 Å². The molecular weight excluding hydrogens is 310 g/mol. The third-order valence-electron chi connectivity index (χ3n) is 4.53. The number of aliphatic hydroxyl groups excluding tert-OH is 1. The number of carbonyl (C=O) groups excluding carboxylic acids is 1. The lowest BCUT2D eigenvalue weighted by Gasteiger charge is -2.25. The highest BCUT2D eigenvalue weighted by Crippen LogP contribution is 2.29. The van der Waals surface area contributed by atoms with Gasteiger partial charge >= 0.3 is 0 Å². The maximum Gasteiger partial charge on any atom is 0.237 e. The molecule has 23 heavy (non-hydrogen) atoms. The van der Waals surface area contributed by atoms with Gasteiger partial charge in [0.05, 0.1) is 22.2 Å². The number of rotatable bonds is 5. The fraction of sp³-hybridized carbons (Fsp3) is 0.412. The topological polar surface area (TPSA) is 88.2 Å². The van der Waals surface area contributed by atoms with E-state index in [1.165, 1.54) is 4.88 Å². The van der Waals surface area contributed by atoms with Crippen molar-refractivity contribution in [3.63, 3.8) is 0 Å². The summed E-state index contributed by atoms with van der Waals surface area (Å²) in [7, 11) is 0. The minimum atomic E-state index is -0.785. The van der Waals surface area contributed by atoms with Crippen LogP contribution in [0.15, 0.2) is 29.8 Å². The summed E-state index contributed by atoms with van der Waals surface area (Å²) < 4.78 is 0. The molecule has 1 saturated heterocycles. The van der Waals surface area contributed by atoms with Gasteiger partial charge in [0.15, 0.2) is 0 Å². The molecule has 2 atom stereocenters. The first-order valence-electron chi connectivity index (χ1n) is 7.72. The normalized spacial score (nSPS) is 24.0. The smallest absolute Gasteiger partial charge is 0.237 e. The first kappa shape index (κ1) is 16.1. The van der Waals surface area contributed by atoms with E-state index in [9.17, 15) is 9.90 Å². The summed E-state index contributed by atoms with van der Waals surface area (Å²) in [5, 5.41) is 12.8. The van der Waals surface area contributed by atoms with Gasteiger partial charge in [-0.15, -0.1) is 11.3 Å². The van der Waals surface area contributed by atoms with Crippen LogP contribution in [0.25, 0.3) is 10.4 Å². The molecule has 0 aliphatic carbocycles. The van der Waals surface area contributed by atoms with Crippen molar-refractivity contribution in [2.45, 2.75) is 37.8 Å². The fourth-order valence-electron chi connectivity index (χ4n) is 3.12. The Morgan fingerprint density at radius 1 is 1.48 bits per heavy atom. The van der Waals surface area contributed by atoms with E-state index < -0.39 is 11.6 Å². The van der Waals surface area contributed by atoms with Gasteiger partial charge < -0.3 is 16.2 Å². The van der Waals surface area contributed by atoms with Gasteiger partial charge in [0.2, 0.25) is 5.91 Å². The number of β-amino-alcohol motifs (C(OH)–C–C–N with tert-alkyl or cyclic N) is 1. The zero-order chi connectivity index (χ0) is 16.4. The zero-order valence-corrected chi connectivity index (χ0v) is 13.9. The van der Waals surface area contributed by atoms with Gasteiger partial charge in [0.1, 0.15) is 5.54 Å². The number of aryl methyl sites for hydroxylation is 2. The second kappa shape index (κ2) is 6.39. The summed E-state index contributed by atoms with van der Waals surface area (Å²) in [4.78, 5) is 17.2. The first-order valence-corrected chi connectivity index (χ1v) is 8.60. The summed E-state index contributed by atoms with van der Waals surface area (Å²) in [5.41, 5.74) is 9.97. The maximum atomic E-state index is 11.8. The molecule has 0 saturated carbocycles. The molecule has 1 aromatic heterocycles. The predicted molar refractivity (Wildman–Crippen MR) is 91.2 cm³/mol. The highest BCUT2D eigenvalue weighted by atomic mass is 32.1. The number of nitrogens with one attached hydrogen (secondary N) is 1. The number of nitrogens with zero attached hydrogens (tertiary/aromatic N) is 1. The lowest BCUT2D eigenvalue weighted by Crippen LogP contribution is -2.51. The van der Waals surface area contributed by atoms with Crippen LogP contribution in [0, 0.1) is 6.92 Å². The van der Waals surface area contributed by atoms with Crippen LogP contribution < -0.4 is 11.1 Å². The average molecular weight is 331 g/mol. The van der Waals surface area contributed by atoms with E-state index in [1.807, 2.05) is 12.4 Å². The van der Waals surface area contributed by atoms with E-state index in [2.05, 4.69) is 34.6 Å². The molecule has 1 fully saturated rings. The van der Waals surface area contributed by atoms with Crippen LogP contribution in [0.5, 0.6) is 0 Å². The minimum Gasteiger partial charge on any atom is -0.392 e. The first-order chi connectivity index (χ1) is 11.0. The average Bonchev–Trinajstić information content (AvgIpc) is 3.13. The van der Waals surface area contributed by atoms with Crippen molar-refractivity contribution in [3.05, 3.63) is 41.0 Å². The molecule has 0 unspecified atom stereocenters. The number of benzene rings is 1. The van der Waals surface area contributed by atoms with E-state index in [0.29, 0.717) is 19.4 Å². The number of thiazole rings is 1. The fourth-order valence-corrected chi connectivity index (χ4v) is 3.93. The summed E-state index contributed by atoms with van der Waals surface area (Å²) in [6.07, 6.45) is 1.22. The Balaban J connectivity index is 1.69. The van der Waals surface area contributed by atoms with Crippen molar-refractivity contribution in [1.82, 2.24) is 10.3 Å². The lowest BCUT2D eigenvalue weighted by atomic mass is 9.88. The lowest BCUT2D eigenvalue weighted by molar-refractivity contribution is -0.124. The maximum absolute atomic E-state index is 11.8. The Morgan fingerprint density at radius 2 is 2.22 bits per heavy atom. The molecule has 6 heteroatoms. The van der Waals surface area contributed by atoms with Gasteiger partial charge in [-0.2, -0.15) is 0 Å². The third kappa shape index (κ3) is 3.29. The number of nitrogens with two attached hydrogens (primary N) is 1. The number of hydrogen-bond acceptors (Lipinski definition) is 5. The quantitative estimate of drug-likeness (QED) is 0.777. The van der Waals surface area contributed by atoms with Crippen LogP contribution >= 0.6 is 11.3 Å². The minimum absolute atomic E-state index is 0.383. The molecule has 4 N–H and O–H groups in total. The van der Waals surface area contributed by atoms with Gasteiger partial charge in [-0.25, -0.2) is 4.98 Å². The Morgan fingerprint density at radius 3 is 2.74 bits per heavy atom. The summed E-state index contributed by atoms with van der Waals surface area (Å²) >= 11 is 1.64. The molecule has 122 valence electrons. The third-order valence-corrected chi connectivity index (χ3v) is 5.51.